The number of sulfonamides is 1. The number of amides is 2. The van der Waals surface area contributed by atoms with E-state index in [1.54, 1.807) is 55.5 Å². The lowest BCUT2D eigenvalue weighted by Gasteiger charge is -2.32. The number of halogens is 2. The number of nitrogens with zero attached hydrogens (tertiary/aromatic N) is 2. The summed E-state index contributed by atoms with van der Waals surface area (Å²) >= 11 is 8.40. The summed E-state index contributed by atoms with van der Waals surface area (Å²) in [5, 5.41) is 3.26. The van der Waals surface area contributed by atoms with Gasteiger partial charge in [-0.15, -0.1) is 0 Å². The number of hydrogen-bond acceptors (Lipinski definition) is 4. The summed E-state index contributed by atoms with van der Waals surface area (Å²) in [7, 11) is -3.75. The van der Waals surface area contributed by atoms with Crippen molar-refractivity contribution in [3.63, 3.8) is 0 Å². The molecule has 32 heavy (non-hydrogen) atoms. The van der Waals surface area contributed by atoms with Gasteiger partial charge in [0, 0.05) is 21.2 Å². The molecule has 2 aromatic rings. The fourth-order valence-corrected chi connectivity index (χ4v) is 4.42. The molecule has 1 N–H and O–H groups in total. The maximum atomic E-state index is 13.4. The molecular formula is C22H27ClIN3O4S. The second-order valence-corrected chi connectivity index (χ2v) is 11.3. The summed E-state index contributed by atoms with van der Waals surface area (Å²) in [5.41, 5.74) is 1.03. The number of hydrogen-bond donors (Lipinski definition) is 1. The Morgan fingerprint density at radius 3 is 2.19 bits per heavy atom. The molecule has 0 spiro atoms. The minimum Gasteiger partial charge on any atom is -0.352 e. The summed E-state index contributed by atoms with van der Waals surface area (Å²) in [6.45, 7) is 4.89. The molecule has 2 amide bonds. The van der Waals surface area contributed by atoms with Crippen LogP contribution in [0.5, 0.6) is 0 Å². The standard InChI is InChI=1S/C22H27ClIN3O4S/c1-15(2)25-22(29)16(3)26(13-17-7-5-6-8-20(17)23)21(28)14-27(32(4,30)31)19-11-9-18(24)10-12-19/h5-12,15-16H,13-14H2,1-4H3,(H,25,29)/t16-/m0/s1. The SMILES string of the molecule is CC(C)NC(=O)[C@H](C)N(Cc1ccccc1Cl)C(=O)CN(c1ccc(I)cc1)S(C)(=O)=O. The first kappa shape index (κ1) is 26.4. The molecule has 2 aromatic carbocycles. The highest BCUT2D eigenvalue weighted by Gasteiger charge is 2.30. The van der Waals surface area contributed by atoms with Crippen molar-refractivity contribution in [2.24, 2.45) is 0 Å². The maximum Gasteiger partial charge on any atom is 0.244 e. The van der Waals surface area contributed by atoms with Crippen LogP contribution >= 0.6 is 34.2 Å². The van der Waals surface area contributed by atoms with Crippen molar-refractivity contribution in [3.8, 4) is 0 Å². The van der Waals surface area contributed by atoms with E-state index in [1.165, 1.54) is 4.90 Å². The fourth-order valence-electron chi connectivity index (χ4n) is 3.02. The lowest BCUT2D eigenvalue weighted by atomic mass is 10.1. The van der Waals surface area contributed by atoms with Crippen LogP contribution in [0.4, 0.5) is 5.69 Å². The largest absolute Gasteiger partial charge is 0.352 e. The second kappa shape index (κ2) is 11.3. The van der Waals surface area contributed by atoms with Gasteiger partial charge in [-0.25, -0.2) is 8.42 Å². The second-order valence-electron chi connectivity index (χ2n) is 7.70. The Kier molecular flexibility index (Phi) is 9.35. The van der Waals surface area contributed by atoms with Crippen molar-refractivity contribution >= 4 is 61.7 Å². The molecular weight excluding hydrogens is 565 g/mol. The summed E-state index contributed by atoms with van der Waals surface area (Å²) in [5.74, 6) is -0.846. The number of carbonyl (C=O) groups is 2. The van der Waals surface area contributed by atoms with Crippen LogP contribution in [0.25, 0.3) is 0 Å². The van der Waals surface area contributed by atoms with Crippen molar-refractivity contribution in [2.45, 2.75) is 39.4 Å². The average Bonchev–Trinajstić information content (AvgIpc) is 2.70. The Morgan fingerprint density at radius 2 is 1.66 bits per heavy atom. The van der Waals surface area contributed by atoms with Crippen LogP contribution < -0.4 is 9.62 Å². The highest BCUT2D eigenvalue weighted by Crippen LogP contribution is 2.22. The number of carbonyl (C=O) groups excluding carboxylic acids is 2. The van der Waals surface area contributed by atoms with Crippen molar-refractivity contribution in [1.82, 2.24) is 10.2 Å². The Hall–Kier alpha value is -1.85. The van der Waals surface area contributed by atoms with Gasteiger partial charge < -0.3 is 10.2 Å². The van der Waals surface area contributed by atoms with E-state index in [9.17, 15) is 18.0 Å². The van der Waals surface area contributed by atoms with E-state index in [0.29, 0.717) is 16.3 Å². The van der Waals surface area contributed by atoms with Gasteiger partial charge >= 0.3 is 0 Å². The highest BCUT2D eigenvalue weighted by molar-refractivity contribution is 14.1. The van der Waals surface area contributed by atoms with Gasteiger partial charge in [-0.1, -0.05) is 29.8 Å². The van der Waals surface area contributed by atoms with Crippen LogP contribution in [-0.4, -0.2) is 50.0 Å². The minimum absolute atomic E-state index is 0.0650. The number of rotatable bonds is 9. The molecule has 0 fully saturated rings. The van der Waals surface area contributed by atoms with Gasteiger partial charge in [0.1, 0.15) is 12.6 Å². The van der Waals surface area contributed by atoms with E-state index in [-0.39, 0.29) is 18.5 Å². The molecule has 0 saturated carbocycles. The van der Waals surface area contributed by atoms with Gasteiger partial charge in [-0.3, -0.25) is 13.9 Å². The normalized spacial score (nSPS) is 12.3. The zero-order valence-electron chi connectivity index (χ0n) is 18.4. The Morgan fingerprint density at radius 1 is 1.06 bits per heavy atom. The predicted molar refractivity (Wildman–Crippen MR) is 136 cm³/mol. The molecule has 10 heteroatoms. The van der Waals surface area contributed by atoms with Crippen molar-refractivity contribution in [2.75, 3.05) is 17.1 Å². The summed E-state index contributed by atoms with van der Waals surface area (Å²) in [6, 6.07) is 12.9. The first-order valence-electron chi connectivity index (χ1n) is 9.96. The molecule has 7 nitrogen and oxygen atoms in total. The third-order valence-electron chi connectivity index (χ3n) is 4.69. The van der Waals surface area contributed by atoms with Crippen LogP contribution in [0, 0.1) is 3.57 Å². The van der Waals surface area contributed by atoms with Crippen LogP contribution in [0.3, 0.4) is 0 Å². The molecule has 0 aliphatic heterocycles. The third-order valence-corrected chi connectivity index (χ3v) is 6.92. The number of benzene rings is 2. The van der Waals surface area contributed by atoms with Crippen molar-refractivity contribution < 1.29 is 18.0 Å². The first-order chi connectivity index (χ1) is 14.9. The smallest absolute Gasteiger partial charge is 0.244 e. The van der Waals surface area contributed by atoms with Crippen LogP contribution in [0.1, 0.15) is 26.3 Å². The minimum atomic E-state index is -3.75. The molecule has 0 radical (unpaired) electrons. The molecule has 0 saturated heterocycles. The van der Waals surface area contributed by atoms with Gasteiger partial charge in [0.05, 0.1) is 11.9 Å². The number of anilines is 1. The molecule has 0 heterocycles. The molecule has 0 bridgehead atoms. The van der Waals surface area contributed by atoms with E-state index in [0.717, 1.165) is 14.1 Å². The summed E-state index contributed by atoms with van der Waals surface area (Å²) < 4.78 is 27.0. The Balaban J connectivity index is 2.39. The van der Waals surface area contributed by atoms with Gasteiger partial charge in [0.15, 0.2) is 0 Å². The third kappa shape index (κ3) is 7.35. The van der Waals surface area contributed by atoms with Crippen molar-refractivity contribution in [1.29, 1.82) is 0 Å². The quantitative estimate of drug-likeness (QED) is 0.451. The molecule has 2 rings (SSSR count). The number of nitrogens with one attached hydrogen (secondary N) is 1. The Bertz CT molecular complexity index is 1060. The van der Waals surface area contributed by atoms with Crippen molar-refractivity contribution in [3.05, 3.63) is 62.7 Å². The zero-order valence-corrected chi connectivity index (χ0v) is 22.1. The van der Waals surface area contributed by atoms with E-state index >= 15 is 0 Å². The summed E-state index contributed by atoms with van der Waals surface area (Å²) in [4.78, 5) is 27.4. The molecule has 0 unspecified atom stereocenters. The van der Waals surface area contributed by atoms with Gasteiger partial charge in [0.25, 0.3) is 0 Å². The lowest BCUT2D eigenvalue weighted by Crippen LogP contribution is -2.52. The van der Waals surface area contributed by atoms with E-state index in [1.807, 2.05) is 13.8 Å². The van der Waals surface area contributed by atoms with Crippen LogP contribution in [-0.2, 0) is 26.2 Å². The highest BCUT2D eigenvalue weighted by atomic mass is 127. The molecule has 0 aliphatic rings. The molecule has 1 atom stereocenters. The molecule has 0 aromatic heterocycles. The molecule has 174 valence electrons. The summed E-state index contributed by atoms with van der Waals surface area (Å²) in [6.07, 6.45) is 1.05. The van der Waals surface area contributed by atoms with Gasteiger partial charge in [-0.05, 0) is 79.3 Å². The van der Waals surface area contributed by atoms with Gasteiger partial charge in [-0.2, -0.15) is 0 Å². The maximum absolute atomic E-state index is 13.4. The fraction of sp³-hybridized carbons (Fsp3) is 0.364. The monoisotopic (exact) mass is 591 g/mol. The predicted octanol–water partition coefficient (Wildman–Crippen LogP) is 3.65. The van der Waals surface area contributed by atoms with Crippen LogP contribution in [0.2, 0.25) is 5.02 Å². The first-order valence-corrected chi connectivity index (χ1v) is 13.3. The molecule has 0 aliphatic carbocycles. The van der Waals surface area contributed by atoms with E-state index in [2.05, 4.69) is 27.9 Å². The van der Waals surface area contributed by atoms with E-state index in [4.69, 9.17) is 11.6 Å². The van der Waals surface area contributed by atoms with Gasteiger partial charge in [0.2, 0.25) is 21.8 Å². The van der Waals surface area contributed by atoms with Crippen LogP contribution in [0.15, 0.2) is 48.5 Å². The van der Waals surface area contributed by atoms with E-state index < -0.39 is 28.5 Å². The Labute approximate surface area is 208 Å². The lowest BCUT2D eigenvalue weighted by molar-refractivity contribution is -0.139. The zero-order chi connectivity index (χ0) is 24.1. The average molecular weight is 592 g/mol. The topological polar surface area (TPSA) is 86.8 Å².